The van der Waals surface area contributed by atoms with E-state index in [2.05, 4.69) is 20.9 Å². The van der Waals surface area contributed by atoms with Gasteiger partial charge in [0, 0.05) is 48.4 Å². The molecule has 1 aliphatic heterocycles. The van der Waals surface area contributed by atoms with Crippen LogP contribution in [-0.4, -0.2) is 50.4 Å². The number of para-hydroxylation sites is 1. The normalized spacial score (nSPS) is 13.6. The second-order valence-electron chi connectivity index (χ2n) is 9.75. The summed E-state index contributed by atoms with van der Waals surface area (Å²) < 4.78 is 16.5. The molecule has 3 heterocycles. The molecular formula is C30H31Cl2N5O4. The highest BCUT2D eigenvalue weighted by atomic mass is 35.5. The topological polar surface area (TPSA) is 107 Å². The number of aryl methyl sites for hydroxylation is 1. The van der Waals surface area contributed by atoms with E-state index in [4.69, 9.17) is 42.4 Å². The molecule has 41 heavy (non-hydrogen) atoms. The zero-order valence-electron chi connectivity index (χ0n) is 23.0. The molecule has 1 aliphatic rings. The Kier molecular flexibility index (Phi) is 8.97. The first kappa shape index (κ1) is 28.7. The van der Waals surface area contributed by atoms with E-state index >= 15 is 0 Å². The van der Waals surface area contributed by atoms with Gasteiger partial charge in [-0.25, -0.2) is 9.97 Å². The third-order valence-corrected chi connectivity index (χ3v) is 7.93. The molecule has 5 rings (SSSR count). The predicted molar refractivity (Wildman–Crippen MR) is 164 cm³/mol. The molecule has 1 fully saturated rings. The van der Waals surface area contributed by atoms with Gasteiger partial charge >= 0.3 is 0 Å². The summed E-state index contributed by atoms with van der Waals surface area (Å²) in [5.41, 5.74) is 3.44. The van der Waals surface area contributed by atoms with Gasteiger partial charge in [0.1, 0.15) is 23.1 Å². The third kappa shape index (κ3) is 6.12. The number of ether oxygens (including phenoxy) is 3. The van der Waals surface area contributed by atoms with Crippen molar-refractivity contribution in [2.24, 2.45) is 5.92 Å². The summed E-state index contributed by atoms with van der Waals surface area (Å²) >= 11 is 13.5. The summed E-state index contributed by atoms with van der Waals surface area (Å²) in [5.74, 6) is 2.58. The van der Waals surface area contributed by atoms with E-state index in [0.29, 0.717) is 62.5 Å². The number of pyridine rings is 2. The van der Waals surface area contributed by atoms with Crippen LogP contribution in [0.3, 0.4) is 0 Å². The van der Waals surface area contributed by atoms with Crippen LogP contribution >= 0.6 is 23.2 Å². The molecule has 0 saturated carbocycles. The van der Waals surface area contributed by atoms with E-state index < -0.39 is 0 Å². The Hall–Kier alpha value is -3.79. The highest BCUT2D eigenvalue weighted by molar-refractivity contribution is 6.41. The number of nitrogens with zero attached hydrogens (tertiary/aromatic N) is 2. The Labute approximate surface area is 248 Å². The summed E-state index contributed by atoms with van der Waals surface area (Å²) in [5, 5.41) is 12.0. The number of hydrogen-bond donors (Lipinski definition) is 3. The van der Waals surface area contributed by atoms with Crippen molar-refractivity contribution >= 4 is 63.4 Å². The number of aromatic nitrogens is 2. The average molecular weight is 597 g/mol. The zero-order chi connectivity index (χ0) is 28.9. The molecule has 1 amide bonds. The van der Waals surface area contributed by atoms with Crippen molar-refractivity contribution in [3.05, 3.63) is 58.2 Å². The summed E-state index contributed by atoms with van der Waals surface area (Å²) in [4.78, 5) is 20.8. The van der Waals surface area contributed by atoms with Crippen molar-refractivity contribution in [2.45, 2.75) is 19.8 Å². The number of benzene rings is 2. The van der Waals surface area contributed by atoms with Gasteiger partial charge in [0.25, 0.3) is 0 Å². The predicted octanol–water partition coefficient (Wildman–Crippen LogP) is 7.08. The third-order valence-electron chi connectivity index (χ3n) is 7.18. The lowest BCUT2D eigenvalue weighted by Gasteiger charge is -2.23. The fourth-order valence-corrected chi connectivity index (χ4v) is 5.62. The van der Waals surface area contributed by atoms with Gasteiger partial charge < -0.3 is 30.2 Å². The molecule has 1 saturated heterocycles. The van der Waals surface area contributed by atoms with Crippen molar-refractivity contribution < 1.29 is 19.0 Å². The molecule has 0 radical (unpaired) electrons. The van der Waals surface area contributed by atoms with Gasteiger partial charge in [-0.15, -0.1) is 0 Å². The Bertz CT molecular complexity index is 1550. The number of methoxy groups -OCH3 is 2. The van der Waals surface area contributed by atoms with E-state index in [1.165, 1.54) is 14.2 Å². The molecule has 0 atom stereocenters. The van der Waals surface area contributed by atoms with Crippen LogP contribution in [0.2, 0.25) is 10.0 Å². The van der Waals surface area contributed by atoms with Gasteiger partial charge in [-0.05, 0) is 49.4 Å². The lowest BCUT2D eigenvalue weighted by molar-refractivity contribution is -0.105. The number of carbonyl (C=O) groups is 1. The van der Waals surface area contributed by atoms with Crippen molar-refractivity contribution in [1.82, 2.24) is 9.97 Å². The number of amides is 1. The number of hydrogen-bond acceptors (Lipinski definition) is 8. The second-order valence-corrected chi connectivity index (χ2v) is 10.5. The quantitative estimate of drug-likeness (QED) is 0.167. The van der Waals surface area contributed by atoms with E-state index in [9.17, 15) is 4.79 Å². The minimum atomic E-state index is 0.335. The van der Waals surface area contributed by atoms with E-state index in [-0.39, 0.29) is 0 Å². The van der Waals surface area contributed by atoms with Crippen molar-refractivity contribution in [2.75, 3.05) is 49.9 Å². The van der Waals surface area contributed by atoms with Gasteiger partial charge in [-0.2, -0.15) is 0 Å². The van der Waals surface area contributed by atoms with E-state index in [1.807, 2.05) is 37.3 Å². The molecule has 11 heteroatoms. The average Bonchev–Trinajstić information content (AvgIpc) is 2.98. The summed E-state index contributed by atoms with van der Waals surface area (Å²) in [6, 6.07) is 11.2. The molecule has 4 aromatic rings. The highest BCUT2D eigenvalue weighted by Crippen LogP contribution is 2.46. The fourth-order valence-electron chi connectivity index (χ4n) is 4.93. The monoisotopic (exact) mass is 595 g/mol. The first-order chi connectivity index (χ1) is 19.9. The molecule has 214 valence electrons. The highest BCUT2D eigenvalue weighted by Gasteiger charge is 2.22. The van der Waals surface area contributed by atoms with Gasteiger partial charge in [0.05, 0.1) is 41.3 Å². The number of carbonyl (C=O) groups excluding carboxylic acids is 1. The number of halogens is 2. The number of anilines is 4. The number of fused-ring (bicyclic) bond motifs is 1. The minimum absolute atomic E-state index is 0.335. The first-order valence-corrected chi connectivity index (χ1v) is 14.0. The van der Waals surface area contributed by atoms with E-state index in [0.717, 1.165) is 54.6 Å². The molecule has 2 aromatic carbocycles. The van der Waals surface area contributed by atoms with Crippen molar-refractivity contribution in [1.29, 1.82) is 0 Å². The van der Waals surface area contributed by atoms with Crippen LogP contribution in [-0.2, 0) is 9.53 Å². The maximum atomic E-state index is 11.2. The molecule has 3 N–H and O–H groups in total. The molecule has 9 nitrogen and oxygen atoms in total. The van der Waals surface area contributed by atoms with Crippen LogP contribution in [0.15, 0.2) is 42.6 Å². The fraction of sp³-hybridized carbons (Fsp3) is 0.300. The molecule has 0 spiro atoms. The maximum absolute atomic E-state index is 11.2. The van der Waals surface area contributed by atoms with Crippen LogP contribution in [0.4, 0.5) is 23.0 Å². The van der Waals surface area contributed by atoms with E-state index in [1.54, 1.807) is 12.3 Å². The molecular weight excluding hydrogens is 565 g/mol. The van der Waals surface area contributed by atoms with Crippen LogP contribution < -0.4 is 25.4 Å². The minimum Gasteiger partial charge on any atom is -0.495 e. The number of nitrogens with one attached hydrogen (secondary N) is 3. The molecule has 0 unspecified atom stereocenters. The van der Waals surface area contributed by atoms with Crippen LogP contribution in [0.1, 0.15) is 18.4 Å². The maximum Gasteiger partial charge on any atom is 0.211 e. The lowest BCUT2D eigenvalue weighted by atomic mass is 10.0. The first-order valence-electron chi connectivity index (χ1n) is 13.2. The standard InChI is InChI=1S/C30H31Cl2N5O4/c1-17-5-4-6-21(35-16-38)29(17)37-25-12-20-19(15-33-25)11-22(36-30(20)34-14-18-7-9-41-10-8-18)26-27(31)23(39-2)13-24(40-3)28(26)32/h4-6,11-13,15-16,18H,7-10,14H2,1-3H3,(H,33,37)(H,34,36)(H,35,38). The van der Waals surface area contributed by atoms with Gasteiger partial charge in [0.15, 0.2) is 0 Å². The Morgan fingerprint density at radius 2 is 1.80 bits per heavy atom. The largest absolute Gasteiger partial charge is 0.495 e. The Morgan fingerprint density at radius 1 is 1.07 bits per heavy atom. The SMILES string of the molecule is COc1cc(OC)c(Cl)c(-c2cc3cnc(Nc4c(C)cccc4NC=O)cc3c(NCC3CCOCC3)n2)c1Cl. The van der Waals surface area contributed by atoms with Crippen LogP contribution in [0, 0.1) is 12.8 Å². The summed E-state index contributed by atoms with van der Waals surface area (Å²) in [6.07, 6.45) is 4.38. The van der Waals surface area contributed by atoms with Crippen molar-refractivity contribution in [3.63, 3.8) is 0 Å². The van der Waals surface area contributed by atoms with Crippen molar-refractivity contribution in [3.8, 4) is 22.8 Å². The molecule has 2 aromatic heterocycles. The summed E-state index contributed by atoms with van der Waals surface area (Å²) in [6.45, 7) is 4.19. The molecule has 0 bridgehead atoms. The van der Waals surface area contributed by atoms with Crippen LogP contribution in [0.5, 0.6) is 11.5 Å². The second kappa shape index (κ2) is 12.8. The molecule has 0 aliphatic carbocycles. The number of rotatable bonds is 10. The van der Waals surface area contributed by atoms with Crippen LogP contribution in [0.25, 0.3) is 22.0 Å². The Balaban J connectivity index is 1.61. The Morgan fingerprint density at radius 3 is 2.49 bits per heavy atom. The lowest BCUT2D eigenvalue weighted by Crippen LogP contribution is -2.23. The van der Waals surface area contributed by atoms with Gasteiger partial charge in [-0.3, -0.25) is 4.79 Å². The zero-order valence-corrected chi connectivity index (χ0v) is 24.5. The van der Waals surface area contributed by atoms with Gasteiger partial charge in [0.2, 0.25) is 6.41 Å². The van der Waals surface area contributed by atoms with Gasteiger partial charge in [-0.1, -0.05) is 35.3 Å². The summed E-state index contributed by atoms with van der Waals surface area (Å²) in [7, 11) is 3.08. The smallest absolute Gasteiger partial charge is 0.211 e.